The van der Waals surface area contributed by atoms with E-state index in [9.17, 15) is 9.18 Å². The van der Waals surface area contributed by atoms with Gasteiger partial charge < -0.3 is 10.2 Å². The first-order chi connectivity index (χ1) is 13.5. The van der Waals surface area contributed by atoms with Crippen molar-refractivity contribution in [1.29, 1.82) is 5.26 Å². The van der Waals surface area contributed by atoms with Crippen molar-refractivity contribution in [2.75, 3.05) is 37.6 Å². The van der Waals surface area contributed by atoms with Gasteiger partial charge in [-0.05, 0) is 75.3 Å². The molecule has 0 bridgehead atoms. The largest absolute Gasteiger partial charge is 0.369 e. The Kier molecular flexibility index (Phi) is 7.27. The van der Waals surface area contributed by atoms with E-state index in [2.05, 4.69) is 15.1 Å². The monoisotopic (exact) mass is 386 g/mol. The number of amides is 1. The van der Waals surface area contributed by atoms with Crippen LogP contribution >= 0.6 is 0 Å². The van der Waals surface area contributed by atoms with Gasteiger partial charge in [-0.25, -0.2) is 4.39 Å². The second-order valence-corrected chi connectivity index (χ2v) is 8.17. The van der Waals surface area contributed by atoms with Crippen molar-refractivity contribution in [3.05, 3.63) is 29.6 Å². The van der Waals surface area contributed by atoms with Crippen molar-refractivity contribution >= 4 is 11.6 Å². The summed E-state index contributed by atoms with van der Waals surface area (Å²) in [6.07, 6.45) is 5.55. The standard InChI is InChI=1S/C22H31FN4O/c1-17-16-20(6-7-21(17)23)27-14-12-26(13-15-27)11-9-18-2-4-19(5-3-18)25-22(28)8-10-24/h6-7,16,18-19H,2-5,8-9,11-15H2,1H3,(H,25,28)/t18-,19-. The molecule has 1 aliphatic carbocycles. The minimum absolute atomic E-state index is 0.0383. The van der Waals surface area contributed by atoms with Crippen molar-refractivity contribution < 1.29 is 9.18 Å². The molecule has 0 atom stereocenters. The highest BCUT2D eigenvalue weighted by atomic mass is 19.1. The van der Waals surface area contributed by atoms with E-state index in [-0.39, 0.29) is 24.2 Å². The summed E-state index contributed by atoms with van der Waals surface area (Å²) in [6, 6.07) is 7.54. The fraction of sp³-hybridized carbons (Fsp3) is 0.636. The third kappa shape index (κ3) is 5.68. The lowest BCUT2D eigenvalue weighted by Gasteiger charge is -2.37. The Morgan fingerprint density at radius 3 is 2.57 bits per heavy atom. The summed E-state index contributed by atoms with van der Waals surface area (Å²) < 4.78 is 13.5. The number of halogens is 1. The first-order valence-corrected chi connectivity index (χ1v) is 10.4. The molecule has 1 heterocycles. The molecule has 0 radical (unpaired) electrons. The van der Waals surface area contributed by atoms with Crippen LogP contribution in [0.25, 0.3) is 0 Å². The predicted octanol–water partition coefficient (Wildman–Crippen LogP) is 3.23. The second-order valence-electron chi connectivity index (χ2n) is 8.17. The number of nitrogens with zero attached hydrogens (tertiary/aromatic N) is 3. The van der Waals surface area contributed by atoms with Gasteiger partial charge in [-0.15, -0.1) is 0 Å². The molecule has 1 saturated carbocycles. The molecule has 5 nitrogen and oxygen atoms in total. The molecule has 1 saturated heterocycles. The van der Waals surface area contributed by atoms with Gasteiger partial charge in [0.15, 0.2) is 0 Å². The molecule has 1 N–H and O–H groups in total. The third-order valence-electron chi connectivity index (χ3n) is 6.18. The molecule has 1 amide bonds. The third-order valence-corrected chi connectivity index (χ3v) is 6.18. The van der Waals surface area contributed by atoms with Crippen LogP contribution in [0.3, 0.4) is 0 Å². The van der Waals surface area contributed by atoms with Gasteiger partial charge >= 0.3 is 0 Å². The molecule has 1 aliphatic heterocycles. The highest BCUT2D eigenvalue weighted by molar-refractivity contribution is 5.78. The van der Waals surface area contributed by atoms with Crippen molar-refractivity contribution in [2.45, 2.75) is 51.5 Å². The van der Waals surface area contributed by atoms with Gasteiger partial charge in [0.2, 0.25) is 5.91 Å². The van der Waals surface area contributed by atoms with Crippen LogP contribution in [0, 0.1) is 30.0 Å². The van der Waals surface area contributed by atoms with Gasteiger partial charge in [0.05, 0.1) is 6.07 Å². The Morgan fingerprint density at radius 1 is 1.21 bits per heavy atom. The number of hydrogen-bond acceptors (Lipinski definition) is 4. The van der Waals surface area contributed by atoms with Crippen molar-refractivity contribution in [2.24, 2.45) is 5.92 Å². The smallest absolute Gasteiger partial charge is 0.234 e. The number of rotatable bonds is 6. The lowest BCUT2D eigenvalue weighted by molar-refractivity contribution is -0.121. The Hall–Kier alpha value is -2.13. The van der Waals surface area contributed by atoms with Crippen molar-refractivity contribution in [3.8, 4) is 6.07 Å². The van der Waals surface area contributed by atoms with Crippen LogP contribution in [0.1, 0.15) is 44.1 Å². The molecule has 152 valence electrons. The van der Waals surface area contributed by atoms with Crippen LogP contribution < -0.4 is 10.2 Å². The average Bonchev–Trinajstić information content (AvgIpc) is 2.70. The topological polar surface area (TPSA) is 59.4 Å². The lowest BCUT2D eigenvalue weighted by Crippen LogP contribution is -2.47. The molecule has 3 rings (SSSR count). The maximum atomic E-state index is 13.5. The molecule has 1 aromatic carbocycles. The highest BCUT2D eigenvalue weighted by Gasteiger charge is 2.24. The highest BCUT2D eigenvalue weighted by Crippen LogP contribution is 2.27. The van der Waals surface area contributed by atoms with Gasteiger partial charge in [0.25, 0.3) is 0 Å². The van der Waals surface area contributed by atoms with Crippen LogP contribution in [0.2, 0.25) is 0 Å². The Bertz CT molecular complexity index is 701. The van der Waals surface area contributed by atoms with Crippen molar-refractivity contribution in [1.82, 2.24) is 10.2 Å². The molecule has 2 fully saturated rings. The van der Waals surface area contributed by atoms with Gasteiger partial charge in [-0.2, -0.15) is 5.26 Å². The van der Waals surface area contributed by atoms with E-state index in [1.54, 1.807) is 6.07 Å². The van der Waals surface area contributed by atoms with E-state index in [4.69, 9.17) is 5.26 Å². The van der Waals surface area contributed by atoms with E-state index < -0.39 is 0 Å². The van der Waals surface area contributed by atoms with E-state index in [1.165, 1.54) is 6.42 Å². The van der Waals surface area contributed by atoms with Crippen molar-refractivity contribution in [3.63, 3.8) is 0 Å². The van der Waals surface area contributed by atoms with E-state index in [0.29, 0.717) is 5.56 Å². The van der Waals surface area contributed by atoms with Gasteiger partial charge in [-0.3, -0.25) is 9.69 Å². The molecule has 0 spiro atoms. The summed E-state index contributed by atoms with van der Waals surface area (Å²) in [5.41, 5.74) is 1.83. The maximum absolute atomic E-state index is 13.5. The van der Waals surface area contributed by atoms with Crippen LogP contribution in [-0.4, -0.2) is 49.6 Å². The lowest BCUT2D eigenvalue weighted by atomic mass is 9.84. The Balaban J connectivity index is 1.34. The number of aryl methyl sites for hydroxylation is 1. The number of nitriles is 1. The number of hydrogen-bond donors (Lipinski definition) is 1. The second kappa shape index (κ2) is 9.88. The number of benzene rings is 1. The van der Waals surface area contributed by atoms with E-state index in [0.717, 1.165) is 70.0 Å². The van der Waals surface area contributed by atoms with Gasteiger partial charge in [0, 0.05) is 37.9 Å². The van der Waals surface area contributed by atoms with Gasteiger partial charge in [0.1, 0.15) is 12.2 Å². The summed E-state index contributed by atoms with van der Waals surface area (Å²) in [4.78, 5) is 16.4. The average molecular weight is 387 g/mol. The first-order valence-electron chi connectivity index (χ1n) is 10.4. The molecular weight excluding hydrogens is 355 g/mol. The number of piperazine rings is 1. The summed E-state index contributed by atoms with van der Waals surface area (Å²) in [6.45, 7) is 7.03. The summed E-state index contributed by atoms with van der Waals surface area (Å²) in [5, 5.41) is 11.5. The zero-order valence-corrected chi connectivity index (χ0v) is 16.8. The number of anilines is 1. The van der Waals surface area contributed by atoms with Gasteiger partial charge in [-0.1, -0.05) is 0 Å². The summed E-state index contributed by atoms with van der Waals surface area (Å²) in [5.74, 6) is 0.462. The van der Waals surface area contributed by atoms with Crippen LogP contribution in [0.4, 0.5) is 10.1 Å². The summed E-state index contributed by atoms with van der Waals surface area (Å²) in [7, 11) is 0. The summed E-state index contributed by atoms with van der Waals surface area (Å²) >= 11 is 0. The SMILES string of the molecule is Cc1cc(N2CCN(CC[C@H]3CC[C@H](NC(=O)CC#N)CC3)CC2)ccc1F. The van der Waals surface area contributed by atoms with Crippen LogP contribution in [0.5, 0.6) is 0 Å². The number of carbonyl (C=O) groups excluding carboxylic acids is 1. The van der Waals surface area contributed by atoms with Crippen LogP contribution in [-0.2, 0) is 4.79 Å². The Labute approximate surface area is 167 Å². The molecule has 2 aliphatic rings. The van der Waals surface area contributed by atoms with Crippen LogP contribution in [0.15, 0.2) is 18.2 Å². The number of nitrogens with one attached hydrogen (secondary N) is 1. The first kappa shape index (κ1) is 20.6. The predicted molar refractivity (Wildman–Crippen MR) is 109 cm³/mol. The Morgan fingerprint density at radius 2 is 1.93 bits per heavy atom. The maximum Gasteiger partial charge on any atom is 0.234 e. The minimum atomic E-state index is -0.139. The minimum Gasteiger partial charge on any atom is -0.369 e. The quantitative estimate of drug-likeness (QED) is 0.815. The zero-order chi connectivity index (χ0) is 19.9. The molecule has 0 aromatic heterocycles. The fourth-order valence-corrected chi connectivity index (χ4v) is 4.37. The van der Waals surface area contributed by atoms with E-state index in [1.807, 2.05) is 25.1 Å². The molecule has 28 heavy (non-hydrogen) atoms. The zero-order valence-electron chi connectivity index (χ0n) is 16.8. The molecule has 0 unspecified atom stereocenters. The fourth-order valence-electron chi connectivity index (χ4n) is 4.37. The molecular formula is C22H31FN4O. The van der Waals surface area contributed by atoms with E-state index >= 15 is 0 Å². The number of carbonyl (C=O) groups is 1. The molecule has 1 aromatic rings. The normalized spacial score (nSPS) is 23.2. The molecule has 6 heteroatoms.